The van der Waals surface area contributed by atoms with E-state index in [1.54, 1.807) is 4.90 Å². The van der Waals surface area contributed by atoms with Crippen molar-refractivity contribution >= 4 is 45.0 Å². The summed E-state index contributed by atoms with van der Waals surface area (Å²) in [5, 5.41) is -0.0881. The Balaban J connectivity index is 1.66. The highest BCUT2D eigenvalue weighted by atomic mass is 35.5. The minimum absolute atomic E-state index is 0.0108. The average molecular weight is 483 g/mol. The van der Waals surface area contributed by atoms with Crippen molar-refractivity contribution in [1.82, 2.24) is 9.21 Å². The van der Waals surface area contributed by atoms with Crippen molar-refractivity contribution < 1.29 is 22.7 Å². The Morgan fingerprint density at radius 3 is 2.39 bits per heavy atom. The van der Waals surface area contributed by atoms with E-state index in [0.717, 1.165) is 9.87 Å². The molecule has 2 aromatic rings. The molecule has 2 aliphatic heterocycles. The predicted octanol–water partition coefficient (Wildman–Crippen LogP) is 3.17. The number of sulfonamides is 1. The fourth-order valence-electron chi connectivity index (χ4n) is 3.81. The van der Waals surface area contributed by atoms with Crippen molar-refractivity contribution in [3.63, 3.8) is 0 Å². The number of hydrogen-bond donors (Lipinski definition) is 0. The second-order valence-electron chi connectivity index (χ2n) is 7.41. The number of ether oxygens (including phenoxy) is 1. The highest BCUT2D eigenvalue weighted by Crippen LogP contribution is 2.36. The quantitative estimate of drug-likeness (QED) is 0.667. The molecule has 0 aliphatic carbocycles. The largest absolute Gasteiger partial charge is 0.378 e. The lowest BCUT2D eigenvalue weighted by atomic mass is 9.99. The summed E-state index contributed by atoms with van der Waals surface area (Å²) >= 11 is 12.4. The molecule has 7 nitrogen and oxygen atoms in total. The smallest absolute Gasteiger partial charge is 0.268 e. The minimum Gasteiger partial charge on any atom is -0.378 e. The van der Waals surface area contributed by atoms with Gasteiger partial charge in [-0.05, 0) is 17.7 Å². The number of carbonyl (C=O) groups is 2. The molecule has 31 heavy (non-hydrogen) atoms. The number of hydrogen-bond acceptors (Lipinski definition) is 5. The van der Waals surface area contributed by atoms with Crippen LogP contribution in [-0.2, 0) is 19.6 Å². The molecular formula is C21H20Cl2N2O5S. The molecule has 2 heterocycles. The first-order chi connectivity index (χ1) is 14.8. The zero-order chi connectivity index (χ0) is 22.2. The van der Waals surface area contributed by atoms with Crippen molar-refractivity contribution in [2.24, 2.45) is 0 Å². The Morgan fingerprint density at radius 2 is 1.71 bits per heavy atom. The summed E-state index contributed by atoms with van der Waals surface area (Å²) in [6.45, 7) is 1.56. The van der Waals surface area contributed by atoms with Crippen molar-refractivity contribution in [2.75, 3.05) is 32.8 Å². The van der Waals surface area contributed by atoms with E-state index in [0.29, 0.717) is 26.3 Å². The molecular weight excluding hydrogens is 463 g/mol. The zero-order valence-corrected chi connectivity index (χ0v) is 18.8. The van der Waals surface area contributed by atoms with Crippen LogP contribution >= 0.6 is 23.2 Å². The molecule has 0 N–H and O–H groups in total. The second kappa shape index (κ2) is 8.78. The maximum Gasteiger partial charge on any atom is 0.268 e. The number of benzene rings is 2. The van der Waals surface area contributed by atoms with Gasteiger partial charge in [0.15, 0.2) is 0 Å². The van der Waals surface area contributed by atoms with Gasteiger partial charge in [-0.15, -0.1) is 0 Å². The van der Waals surface area contributed by atoms with E-state index in [1.807, 2.05) is 30.3 Å². The van der Waals surface area contributed by atoms with Crippen LogP contribution in [0.3, 0.4) is 0 Å². The van der Waals surface area contributed by atoms with E-state index < -0.39 is 21.8 Å². The summed E-state index contributed by atoms with van der Waals surface area (Å²) in [4.78, 5) is 26.7. The molecule has 2 aromatic carbocycles. The highest BCUT2D eigenvalue weighted by Gasteiger charge is 2.40. The summed E-state index contributed by atoms with van der Waals surface area (Å²) in [6.07, 6.45) is 0.0774. The van der Waals surface area contributed by atoms with E-state index in [9.17, 15) is 18.0 Å². The molecule has 10 heteroatoms. The van der Waals surface area contributed by atoms with Gasteiger partial charge < -0.3 is 9.64 Å². The molecule has 0 aromatic heterocycles. The SMILES string of the molecule is O=C(c1cc(S(=O)(=O)N2C[C@H](c3ccccc3)CC2=O)c(Cl)cc1Cl)N1CCOCC1. The average Bonchev–Trinajstić information content (AvgIpc) is 3.17. The van der Waals surface area contributed by atoms with Gasteiger partial charge in [0.25, 0.3) is 15.9 Å². The third-order valence-electron chi connectivity index (χ3n) is 5.47. The first-order valence-electron chi connectivity index (χ1n) is 9.75. The molecule has 0 spiro atoms. The van der Waals surface area contributed by atoms with Gasteiger partial charge in [-0.1, -0.05) is 53.5 Å². The van der Waals surface area contributed by atoms with Crippen molar-refractivity contribution in [1.29, 1.82) is 0 Å². The third-order valence-corrected chi connectivity index (χ3v) is 8.04. The molecule has 0 bridgehead atoms. The van der Waals surface area contributed by atoms with Crippen LogP contribution in [0.2, 0.25) is 10.0 Å². The number of amides is 2. The van der Waals surface area contributed by atoms with Crippen LogP contribution in [-0.4, -0.2) is 62.3 Å². The predicted molar refractivity (Wildman–Crippen MR) is 116 cm³/mol. The Kier molecular flexibility index (Phi) is 6.25. The normalized spacial score (nSPS) is 19.7. The maximum absolute atomic E-state index is 13.3. The number of rotatable bonds is 4. The van der Waals surface area contributed by atoms with Crippen LogP contribution in [0.15, 0.2) is 47.4 Å². The molecule has 1 atom stereocenters. The Hall–Kier alpha value is -2.13. The first kappa shape index (κ1) is 22.1. The molecule has 2 amide bonds. The van der Waals surface area contributed by atoms with Gasteiger partial charge in [0.1, 0.15) is 4.90 Å². The molecule has 0 saturated carbocycles. The van der Waals surface area contributed by atoms with Crippen LogP contribution in [0, 0.1) is 0 Å². The van der Waals surface area contributed by atoms with Crippen LogP contribution in [0.25, 0.3) is 0 Å². The van der Waals surface area contributed by atoms with Gasteiger partial charge in [0.05, 0.1) is 28.8 Å². The lowest BCUT2D eigenvalue weighted by Crippen LogP contribution is -2.41. The Morgan fingerprint density at radius 1 is 1.03 bits per heavy atom. The fourth-order valence-corrected chi connectivity index (χ4v) is 6.09. The number of carbonyl (C=O) groups excluding carboxylic acids is 2. The van der Waals surface area contributed by atoms with Gasteiger partial charge in [0.2, 0.25) is 5.91 Å². The third kappa shape index (κ3) is 4.30. The van der Waals surface area contributed by atoms with E-state index >= 15 is 0 Å². The molecule has 2 fully saturated rings. The molecule has 0 unspecified atom stereocenters. The lowest BCUT2D eigenvalue weighted by Gasteiger charge is -2.27. The number of nitrogens with zero attached hydrogens (tertiary/aromatic N) is 2. The van der Waals surface area contributed by atoms with Crippen LogP contribution in [0.5, 0.6) is 0 Å². The summed E-state index contributed by atoms with van der Waals surface area (Å²) in [7, 11) is -4.27. The second-order valence-corrected chi connectivity index (χ2v) is 10.1. The van der Waals surface area contributed by atoms with E-state index in [-0.39, 0.29) is 39.4 Å². The zero-order valence-electron chi connectivity index (χ0n) is 16.5. The standard InChI is InChI=1S/C21H20Cl2N2O5S/c22-17-12-18(23)19(11-16(17)21(27)24-6-8-30-9-7-24)31(28,29)25-13-15(10-20(25)26)14-4-2-1-3-5-14/h1-5,11-12,15H,6-10,13H2/t15-/m1/s1. The summed E-state index contributed by atoms with van der Waals surface area (Å²) < 4.78 is 32.8. The van der Waals surface area contributed by atoms with Gasteiger partial charge in [-0.25, -0.2) is 12.7 Å². The van der Waals surface area contributed by atoms with Gasteiger partial charge >= 0.3 is 0 Å². The van der Waals surface area contributed by atoms with Gasteiger partial charge in [0, 0.05) is 32.0 Å². The van der Waals surface area contributed by atoms with Crippen LogP contribution in [0.1, 0.15) is 28.3 Å². The summed E-state index contributed by atoms with van der Waals surface area (Å²) in [5.74, 6) is -1.17. The van der Waals surface area contributed by atoms with Gasteiger partial charge in [-0.3, -0.25) is 9.59 Å². The Labute approximate surface area is 190 Å². The van der Waals surface area contributed by atoms with Crippen LogP contribution < -0.4 is 0 Å². The maximum atomic E-state index is 13.3. The fraction of sp³-hybridized carbons (Fsp3) is 0.333. The highest BCUT2D eigenvalue weighted by molar-refractivity contribution is 7.89. The minimum atomic E-state index is -4.27. The Bertz CT molecular complexity index is 1120. The lowest BCUT2D eigenvalue weighted by molar-refractivity contribution is -0.123. The van der Waals surface area contributed by atoms with Crippen molar-refractivity contribution in [2.45, 2.75) is 17.2 Å². The number of morpholine rings is 1. The van der Waals surface area contributed by atoms with E-state index in [2.05, 4.69) is 0 Å². The van der Waals surface area contributed by atoms with Crippen LogP contribution in [0.4, 0.5) is 0 Å². The van der Waals surface area contributed by atoms with Crippen molar-refractivity contribution in [3.05, 3.63) is 63.6 Å². The van der Waals surface area contributed by atoms with Gasteiger partial charge in [-0.2, -0.15) is 0 Å². The topological polar surface area (TPSA) is 84.0 Å². The molecule has 4 rings (SSSR count). The molecule has 164 valence electrons. The number of halogens is 2. The van der Waals surface area contributed by atoms with Crippen molar-refractivity contribution in [3.8, 4) is 0 Å². The van der Waals surface area contributed by atoms with E-state index in [4.69, 9.17) is 27.9 Å². The monoisotopic (exact) mass is 482 g/mol. The molecule has 0 radical (unpaired) electrons. The first-order valence-corrected chi connectivity index (χ1v) is 11.9. The molecule has 2 aliphatic rings. The summed E-state index contributed by atoms with van der Waals surface area (Å²) in [5.41, 5.74) is 0.914. The van der Waals surface area contributed by atoms with E-state index in [1.165, 1.54) is 12.1 Å². The summed E-state index contributed by atoms with van der Waals surface area (Å²) in [6, 6.07) is 11.7. The molecule has 2 saturated heterocycles.